The van der Waals surface area contributed by atoms with E-state index < -0.39 is 39.2 Å². The highest BCUT2D eigenvalue weighted by atomic mass is 35.5. The molecule has 0 saturated carbocycles. The van der Waals surface area contributed by atoms with Gasteiger partial charge in [0, 0.05) is 17.2 Å². The van der Waals surface area contributed by atoms with Gasteiger partial charge in [0.2, 0.25) is 0 Å². The van der Waals surface area contributed by atoms with Gasteiger partial charge in [0.1, 0.15) is 16.9 Å². The Kier molecular flexibility index (Phi) is 7.11. The Bertz CT molecular complexity index is 1600. The molecule has 3 aromatic carbocycles. The molecule has 36 heavy (non-hydrogen) atoms. The van der Waals surface area contributed by atoms with Crippen molar-refractivity contribution in [3.8, 4) is 5.75 Å². The van der Waals surface area contributed by atoms with Crippen molar-refractivity contribution in [3.63, 3.8) is 0 Å². The van der Waals surface area contributed by atoms with Gasteiger partial charge in [0.15, 0.2) is 5.71 Å². The van der Waals surface area contributed by atoms with Gasteiger partial charge >= 0.3 is 5.63 Å². The minimum atomic E-state index is -1.05. The van der Waals surface area contributed by atoms with Gasteiger partial charge in [-0.15, -0.1) is 0 Å². The van der Waals surface area contributed by atoms with E-state index in [9.17, 15) is 24.8 Å². The average Bonchev–Trinajstić information content (AvgIpc) is 2.83. The molecule has 0 aliphatic rings. The van der Waals surface area contributed by atoms with Crippen LogP contribution in [-0.4, -0.2) is 21.6 Å². The lowest BCUT2D eigenvalue weighted by molar-refractivity contribution is -0.384. The van der Waals surface area contributed by atoms with Crippen LogP contribution in [0.4, 0.5) is 17.1 Å². The number of hydrogen-bond donors (Lipinski definition) is 3. The maximum atomic E-state index is 13.3. The van der Waals surface area contributed by atoms with Crippen molar-refractivity contribution in [1.29, 1.82) is 0 Å². The van der Waals surface area contributed by atoms with E-state index in [-0.39, 0.29) is 26.7 Å². The molecule has 182 valence electrons. The predicted molar refractivity (Wildman–Crippen MR) is 138 cm³/mol. The molecule has 1 amide bonds. The zero-order valence-electron chi connectivity index (χ0n) is 17.8. The Hall–Kier alpha value is -4.12. The number of benzene rings is 3. The summed E-state index contributed by atoms with van der Waals surface area (Å²) in [6, 6.07) is 14.5. The Morgan fingerprint density at radius 3 is 2.39 bits per heavy atom. The molecule has 0 bridgehead atoms. The van der Waals surface area contributed by atoms with Gasteiger partial charge in [-0.1, -0.05) is 53.0 Å². The zero-order valence-corrected chi connectivity index (χ0v) is 20.1. The fourth-order valence-corrected chi connectivity index (χ4v) is 3.96. The first kappa shape index (κ1) is 25.0. The van der Waals surface area contributed by atoms with Crippen molar-refractivity contribution in [1.82, 2.24) is 0 Å². The fourth-order valence-electron chi connectivity index (χ4n) is 3.20. The topological polar surface area (TPSA) is 147 Å². The van der Waals surface area contributed by atoms with Crippen LogP contribution in [0.1, 0.15) is 5.56 Å². The van der Waals surface area contributed by atoms with Crippen molar-refractivity contribution < 1.29 is 19.2 Å². The third kappa shape index (κ3) is 5.10. The van der Waals surface area contributed by atoms with E-state index in [1.165, 1.54) is 18.2 Å². The summed E-state index contributed by atoms with van der Waals surface area (Å²) in [5, 5.41) is 28.4. The summed E-state index contributed by atoms with van der Waals surface area (Å²) in [7, 11) is 0. The van der Waals surface area contributed by atoms with E-state index >= 15 is 0 Å². The molecule has 0 saturated heterocycles. The highest BCUT2D eigenvalue weighted by molar-refractivity contribution is 6.51. The quantitative estimate of drug-likeness (QED) is 0.119. The molecule has 0 spiro atoms. The molecule has 4 rings (SSSR count). The van der Waals surface area contributed by atoms with E-state index in [1.807, 2.05) is 0 Å². The summed E-state index contributed by atoms with van der Waals surface area (Å²) in [5.41, 5.74) is 0.310. The molecular weight excluding hydrogens is 535 g/mol. The lowest BCUT2D eigenvalue weighted by Gasteiger charge is -2.13. The molecular formula is C23H13Cl3N4O6. The van der Waals surface area contributed by atoms with Gasteiger partial charge < -0.3 is 14.8 Å². The molecule has 10 nitrogen and oxygen atoms in total. The first-order valence-electron chi connectivity index (χ1n) is 9.95. The molecule has 13 heteroatoms. The van der Waals surface area contributed by atoms with Crippen LogP contribution >= 0.6 is 34.8 Å². The Morgan fingerprint density at radius 1 is 1.03 bits per heavy atom. The SMILES string of the molecule is O=C(Nc1c(Cl)cc([N+](=O)[O-])cc1Cl)/C(=N/Nc1cccc(Cl)c1)c1c(O)c2ccccc2oc1=O. The number of aromatic hydroxyl groups is 1. The van der Waals surface area contributed by atoms with Crippen molar-refractivity contribution in [2.24, 2.45) is 5.10 Å². The Labute approximate surface area is 216 Å². The summed E-state index contributed by atoms with van der Waals surface area (Å²) >= 11 is 18.2. The maximum Gasteiger partial charge on any atom is 0.349 e. The molecule has 0 fully saturated rings. The molecule has 0 aliphatic carbocycles. The summed E-state index contributed by atoms with van der Waals surface area (Å²) in [4.78, 5) is 36.5. The number of nitrogens with one attached hydrogen (secondary N) is 2. The second-order valence-corrected chi connectivity index (χ2v) is 8.44. The first-order chi connectivity index (χ1) is 17.2. The molecule has 0 atom stereocenters. The lowest BCUT2D eigenvalue weighted by atomic mass is 10.1. The molecule has 0 radical (unpaired) electrons. The summed E-state index contributed by atoms with van der Waals surface area (Å²) < 4.78 is 5.26. The number of hydrogen-bond acceptors (Lipinski definition) is 8. The number of rotatable bonds is 6. The van der Waals surface area contributed by atoms with Gasteiger partial charge in [0.05, 0.1) is 31.7 Å². The minimum absolute atomic E-state index is 0.0905. The van der Waals surface area contributed by atoms with Crippen LogP contribution in [0, 0.1) is 10.1 Å². The van der Waals surface area contributed by atoms with Crippen LogP contribution in [0.5, 0.6) is 5.75 Å². The van der Waals surface area contributed by atoms with Crippen LogP contribution in [0.25, 0.3) is 11.0 Å². The number of halogens is 3. The number of non-ortho nitro benzene ring substituents is 1. The maximum absolute atomic E-state index is 13.3. The summed E-state index contributed by atoms with van der Waals surface area (Å²) in [6.07, 6.45) is 0. The highest BCUT2D eigenvalue weighted by Gasteiger charge is 2.27. The zero-order chi connectivity index (χ0) is 26.0. The molecule has 1 heterocycles. The fraction of sp³-hybridized carbons (Fsp3) is 0. The second-order valence-electron chi connectivity index (χ2n) is 7.19. The molecule has 4 aromatic rings. The minimum Gasteiger partial charge on any atom is -0.506 e. The number of carbonyl (C=O) groups excluding carboxylic acids is 1. The van der Waals surface area contributed by atoms with E-state index in [2.05, 4.69) is 15.8 Å². The van der Waals surface area contributed by atoms with E-state index in [1.54, 1.807) is 30.3 Å². The van der Waals surface area contributed by atoms with Crippen LogP contribution in [-0.2, 0) is 4.79 Å². The summed E-state index contributed by atoms with van der Waals surface area (Å²) in [5.74, 6) is -1.58. The first-order valence-corrected chi connectivity index (χ1v) is 11.1. The number of fused-ring (bicyclic) bond motifs is 1. The number of carbonyl (C=O) groups is 1. The van der Waals surface area contributed by atoms with Crippen molar-refractivity contribution in [2.45, 2.75) is 0 Å². The number of anilines is 2. The van der Waals surface area contributed by atoms with Gasteiger partial charge in [-0.25, -0.2) is 4.79 Å². The highest BCUT2D eigenvalue weighted by Crippen LogP contribution is 2.35. The normalized spacial score (nSPS) is 11.4. The number of amides is 1. The summed E-state index contributed by atoms with van der Waals surface area (Å²) in [6.45, 7) is 0. The largest absolute Gasteiger partial charge is 0.506 e. The Morgan fingerprint density at radius 2 is 1.72 bits per heavy atom. The van der Waals surface area contributed by atoms with E-state index in [0.717, 1.165) is 12.1 Å². The molecule has 3 N–H and O–H groups in total. The third-order valence-electron chi connectivity index (χ3n) is 4.84. The monoisotopic (exact) mass is 546 g/mol. The predicted octanol–water partition coefficient (Wildman–Crippen LogP) is 5.82. The van der Waals surface area contributed by atoms with E-state index in [4.69, 9.17) is 39.2 Å². The molecule has 0 unspecified atom stereocenters. The van der Waals surface area contributed by atoms with Gasteiger partial charge in [-0.3, -0.25) is 20.3 Å². The molecule has 1 aromatic heterocycles. The number of nitro groups is 1. The van der Waals surface area contributed by atoms with Crippen LogP contribution in [0.2, 0.25) is 15.1 Å². The smallest absolute Gasteiger partial charge is 0.349 e. The van der Waals surface area contributed by atoms with Crippen molar-refractivity contribution in [3.05, 3.63) is 102 Å². The number of nitro benzene ring substituents is 1. The second kappa shape index (κ2) is 10.2. The third-order valence-corrected chi connectivity index (χ3v) is 5.67. The molecule has 0 aliphatic heterocycles. The number of hydrazone groups is 1. The van der Waals surface area contributed by atoms with Crippen molar-refractivity contribution >= 4 is 74.5 Å². The van der Waals surface area contributed by atoms with E-state index in [0.29, 0.717) is 10.7 Å². The standard InChI is InChI=1S/C23H13Cl3N4O6/c24-11-4-3-5-12(8-11)28-29-20(18-21(31)14-6-1-2-7-17(14)36-23(18)33)22(32)27-19-15(25)9-13(30(34)35)10-16(19)26/h1-10,28,31H,(H,27,32)/b29-20+. The van der Waals surface area contributed by atoms with Gasteiger partial charge in [0.25, 0.3) is 11.6 Å². The van der Waals surface area contributed by atoms with Crippen LogP contribution in [0.15, 0.2) is 75.0 Å². The lowest BCUT2D eigenvalue weighted by Crippen LogP contribution is -2.29. The van der Waals surface area contributed by atoms with Gasteiger partial charge in [-0.05, 0) is 30.3 Å². The van der Waals surface area contributed by atoms with Crippen LogP contribution in [0.3, 0.4) is 0 Å². The Balaban J connectivity index is 1.83. The van der Waals surface area contributed by atoms with Crippen molar-refractivity contribution in [2.75, 3.05) is 10.7 Å². The number of nitrogens with zero attached hydrogens (tertiary/aromatic N) is 2. The van der Waals surface area contributed by atoms with Gasteiger partial charge in [-0.2, -0.15) is 5.10 Å². The number of para-hydroxylation sites is 1. The average molecular weight is 548 g/mol. The van der Waals surface area contributed by atoms with Crippen LogP contribution < -0.4 is 16.4 Å².